The second-order valence-corrected chi connectivity index (χ2v) is 5.91. The summed E-state index contributed by atoms with van der Waals surface area (Å²) in [5.41, 5.74) is 2.39. The van der Waals surface area contributed by atoms with Crippen molar-refractivity contribution in [3.8, 4) is 0 Å². The van der Waals surface area contributed by atoms with E-state index >= 15 is 0 Å². The number of halogens is 1. The van der Waals surface area contributed by atoms with Crippen molar-refractivity contribution in [1.82, 2.24) is 4.98 Å². The van der Waals surface area contributed by atoms with Crippen LogP contribution in [0.3, 0.4) is 0 Å². The van der Waals surface area contributed by atoms with E-state index in [4.69, 9.17) is 0 Å². The quantitative estimate of drug-likeness (QED) is 0.671. The predicted molar refractivity (Wildman–Crippen MR) is 76.6 cm³/mol. The molecule has 1 aromatic heterocycles. The van der Waals surface area contributed by atoms with Crippen LogP contribution in [0.25, 0.3) is 10.2 Å². The number of fused-ring (bicyclic) bond motifs is 1. The van der Waals surface area contributed by atoms with Crippen molar-refractivity contribution in [1.29, 1.82) is 0 Å². The molecule has 0 aliphatic heterocycles. The lowest BCUT2D eigenvalue weighted by atomic mass is 10.2. The Morgan fingerprint density at radius 3 is 2.76 bits per heavy atom. The summed E-state index contributed by atoms with van der Waals surface area (Å²) in [6.45, 7) is 0. The SMILES string of the molecule is Brc1cccc(Cc2nc3ccccc3s2)c1. The first-order chi connectivity index (χ1) is 8.31. The molecule has 0 spiro atoms. The summed E-state index contributed by atoms with van der Waals surface area (Å²) in [7, 11) is 0. The summed E-state index contributed by atoms with van der Waals surface area (Å²) in [5, 5.41) is 1.17. The fourth-order valence-corrected chi connectivity index (χ4v) is 3.27. The Kier molecular flexibility index (Phi) is 2.95. The third-order valence-corrected chi connectivity index (χ3v) is 4.11. The van der Waals surface area contributed by atoms with E-state index in [2.05, 4.69) is 57.3 Å². The lowest BCUT2D eigenvalue weighted by molar-refractivity contribution is 1.15. The highest BCUT2D eigenvalue weighted by Crippen LogP contribution is 2.24. The summed E-state index contributed by atoms with van der Waals surface area (Å²) in [5.74, 6) is 0. The Balaban J connectivity index is 1.94. The molecule has 84 valence electrons. The number of para-hydroxylation sites is 1. The van der Waals surface area contributed by atoms with E-state index in [9.17, 15) is 0 Å². The van der Waals surface area contributed by atoms with Gasteiger partial charge < -0.3 is 0 Å². The molecule has 1 heterocycles. The Hall–Kier alpha value is -1.19. The maximum atomic E-state index is 4.64. The van der Waals surface area contributed by atoms with E-state index in [1.807, 2.05) is 12.1 Å². The number of nitrogens with zero attached hydrogens (tertiary/aromatic N) is 1. The zero-order chi connectivity index (χ0) is 11.7. The van der Waals surface area contributed by atoms with Gasteiger partial charge in [-0.05, 0) is 29.8 Å². The molecule has 0 aliphatic carbocycles. The molecular weight excluding hydrogens is 294 g/mol. The number of rotatable bonds is 2. The fourth-order valence-electron chi connectivity index (χ4n) is 1.82. The van der Waals surface area contributed by atoms with Crippen LogP contribution in [0.4, 0.5) is 0 Å². The van der Waals surface area contributed by atoms with Gasteiger partial charge in [0.25, 0.3) is 0 Å². The summed E-state index contributed by atoms with van der Waals surface area (Å²) < 4.78 is 2.38. The van der Waals surface area contributed by atoms with Crippen LogP contribution in [0.5, 0.6) is 0 Å². The van der Waals surface area contributed by atoms with Crippen LogP contribution >= 0.6 is 27.3 Å². The summed E-state index contributed by atoms with van der Waals surface area (Å²) >= 11 is 5.26. The summed E-state index contributed by atoms with van der Waals surface area (Å²) in [6, 6.07) is 16.7. The third kappa shape index (κ3) is 2.40. The van der Waals surface area contributed by atoms with Gasteiger partial charge in [-0.2, -0.15) is 0 Å². The van der Waals surface area contributed by atoms with Crippen LogP contribution in [0.2, 0.25) is 0 Å². The van der Waals surface area contributed by atoms with Gasteiger partial charge >= 0.3 is 0 Å². The lowest BCUT2D eigenvalue weighted by Gasteiger charge is -1.97. The van der Waals surface area contributed by atoms with Crippen LogP contribution in [0.1, 0.15) is 10.6 Å². The van der Waals surface area contributed by atoms with E-state index in [1.54, 1.807) is 11.3 Å². The maximum absolute atomic E-state index is 4.64. The minimum atomic E-state index is 0.902. The molecule has 17 heavy (non-hydrogen) atoms. The van der Waals surface area contributed by atoms with Crippen molar-refractivity contribution >= 4 is 37.5 Å². The van der Waals surface area contributed by atoms with Crippen molar-refractivity contribution in [2.45, 2.75) is 6.42 Å². The second kappa shape index (κ2) is 4.59. The second-order valence-electron chi connectivity index (χ2n) is 3.88. The van der Waals surface area contributed by atoms with E-state index in [-0.39, 0.29) is 0 Å². The molecular formula is C14H10BrNS. The molecule has 3 heteroatoms. The number of hydrogen-bond acceptors (Lipinski definition) is 2. The zero-order valence-corrected chi connectivity index (χ0v) is 11.5. The van der Waals surface area contributed by atoms with Crippen LogP contribution in [-0.4, -0.2) is 4.98 Å². The van der Waals surface area contributed by atoms with Gasteiger partial charge in [0.2, 0.25) is 0 Å². The monoisotopic (exact) mass is 303 g/mol. The molecule has 3 aromatic rings. The average Bonchev–Trinajstić information content (AvgIpc) is 2.71. The molecule has 0 atom stereocenters. The standard InChI is InChI=1S/C14H10BrNS/c15-11-5-3-4-10(8-11)9-14-16-12-6-1-2-7-13(12)17-14/h1-8H,9H2. The topological polar surface area (TPSA) is 12.9 Å². The van der Waals surface area contributed by atoms with Gasteiger partial charge in [-0.25, -0.2) is 4.98 Å². The van der Waals surface area contributed by atoms with Crippen LogP contribution < -0.4 is 0 Å². The molecule has 0 N–H and O–H groups in total. The average molecular weight is 304 g/mol. The number of thiazole rings is 1. The van der Waals surface area contributed by atoms with Crippen molar-refractivity contribution in [3.63, 3.8) is 0 Å². The van der Waals surface area contributed by atoms with Crippen molar-refractivity contribution in [3.05, 3.63) is 63.6 Å². The number of benzene rings is 2. The largest absolute Gasteiger partial charge is 0.241 e. The molecule has 0 unspecified atom stereocenters. The minimum absolute atomic E-state index is 0.902. The van der Waals surface area contributed by atoms with E-state index < -0.39 is 0 Å². The Morgan fingerprint density at radius 1 is 1.06 bits per heavy atom. The summed E-state index contributed by atoms with van der Waals surface area (Å²) in [6.07, 6.45) is 0.902. The molecule has 0 fully saturated rings. The fraction of sp³-hybridized carbons (Fsp3) is 0.0714. The normalized spacial score (nSPS) is 10.9. The van der Waals surface area contributed by atoms with Crippen LogP contribution in [-0.2, 0) is 6.42 Å². The molecule has 0 bridgehead atoms. The van der Waals surface area contributed by atoms with Gasteiger partial charge in [0.1, 0.15) is 0 Å². The lowest BCUT2D eigenvalue weighted by Crippen LogP contribution is -1.86. The maximum Gasteiger partial charge on any atom is 0.0982 e. The highest BCUT2D eigenvalue weighted by Gasteiger charge is 2.04. The van der Waals surface area contributed by atoms with Crippen molar-refractivity contribution in [2.24, 2.45) is 0 Å². The molecule has 0 aliphatic rings. The smallest absolute Gasteiger partial charge is 0.0982 e. The van der Waals surface area contributed by atoms with E-state index in [0.29, 0.717) is 0 Å². The highest BCUT2D eigenvalue weighted by molar-refractivity contribution is 9.10. The molecule has 0 radical (unpaired) electrons. The first kappa shape index (κ1) is 10.9. The number of hydrogen-bond donors (Lipinski definition) is 0. The minimum Gasteiger partial charge on any atom is -0.241 e. The molecule has 2 aromatic carbocycles. The van der Waals surface area contributed by atoms with Crippen LogP contribution in [0.15, 0.2) is 53.0 Å². The predicted octanol–water partition coefficient (Wildman–Crippen LogP) is 4.65. The van der Waals surface area contributed by atoms with Gasteiger partial charge in [-0.15, -0.1) is 11.3 Å². The molecule has 3 rings (SSSR count). The molecule has 0 amide bonds. The van der Waals surface area contributed by atoms with Crippen LogP contribution in [0, 0.1) is 0 Å². The van der Waals surface area contributed by atoms with Gasteiger partial charge in [-0.1, -0.05) is 40.2 Å². The Bertz CT molecular complexity index is 627. The molecule has 0 saturated carbocycles. The van der Waals surface area contributed by atoms with E-state index in [1.165, 1.54) is 15.3 Å². The van der Waals surface area contributed by atoms with Crippen molar-refractivity contribution < 1.29 is 0 Å². The van der Waals surface area contributed by atoms with E-state index in [0.717, 1.165) is 16.4 Å². The van der Waals surface area contributed by atoms with Gasteiger partial charge in [-0.3, -0.25) is 0 Å². The Labute approximate surface area is 112 Å². The van der Waals surface area contributed by atoms with Gasteiger partial charge in [0.15, 0.2) is 0 Å². The molecule has 1 nitrogen and oxygen atoms in total. The zero-order valence-electron chi connectivity index (χ0n) is 9.06. The Morgan fingerprint density at radius 2 is 1.94 bits per heavy atom. The third-order valence-electron chi connectivity index (χ3n) is 2.58. The summed E-state index contributed by atoms with van der Waals surface area (Å²) in [4.78, 5) is 4.64. The van der Waals surface area contributed by atoms with Gasteiger partial charge in [0, 0.05) is 10.9 Å². The van der Waals surface area contributed by atoms with Gasteiger partial charge in [0.05, 0.1) is 15.2 Å². The first-order valence-electron chi connectivity index (χ1n) is 5.40. The molecule has 0 saturated heterocycles. The highest BCUT2D eigenvalue weighted by atomic mass is 79.9. The number of aromatic nitrogens is 1. The van der Waals surface area contributed by atoms with Crippen molar-refractivity contribution in [2.75, 3.05) is 0 Å². The first-order valence-corrected chi connectivity index (χ1v) is 7.01.